The van der Waals surface area contributed by atoms with Crippen molar-refractivity contribution in [2.24, 2.45) is 11.7 Å². The van der Waals surface area contributed by atoms with Gasteiger partial charge >= 0.3 is 0 Å². The van der Waals surface area contributed by atoms with E-state index in [-0.39, 0.29) is 18.3 Å². The van der Waals surface area contributed by atoms with Crippen molar-refractivity contribution in [3.8, 4) is 5.75 Å². The maximum absolute atomic E-state index is 12.7. The number of carbonyl (C=O) groups is 1. The Hall–Kier alpha value is -1.79. The van der Waals surface area contributed by atoms with Crippen LogP contribution < -0.4 is 15.8 Å². The topological polar surface area (TPSA) is 73.6 Å². The third-order valence-corrected chi connectivity index (χ3v) is 4.26. The van der Waals surface area contributed by atoms with Gasteiger partial charge in [-0.25, -0.2) is 0 Å². The molecule has 1 amide bonds. The number of ether oxygens (including phenoxy) is 2. The smallest absolute Gasteiger partial charge is 0.229 e. The molecule has 0 bridgehead atoms. The van der Waals surface area contributed by atoms with Gasteiger partial charge in [0.05, 0.1) is 18.2 Å². The van der Waals surface area contributed by atoms with E-state index in [0.717, 1.165) is 5.56 Å². The van der Waals surface area contributed by atoms with Gasteiger partial charge in [-0.15, -0.1) is 12.4 Å². The number of nitrogens with two attached hydrogens (primary N) is 1. The lowest BCUT2D eigenvalue weighted by Gasteiger charge is -2.21. The molecule has 0 fully saturated rings. The lowest BCUT2D eigenvalue weighted by molar-refractivity contribution is -0.120. The highest BCUT2D eigenvalue weighted by atomic mass is 35.5. The van der Waals surface area contributed by atoms with Crippen molar-refractivity contribution in [2.75, 3.05) is 25.1 Å². The second-order valence-electron chi connectivity index (χ2n) is 5.90. The minimum absolute atomic E-state index is 0. The van der Waals surface area contributed by atoms with Gasteiger partial charge in [0.2, 0.25) is 5.91 Å². The predicted octanol–water partition coefficient (Wildman–Crippen LogP) is 4.45. The van der Waals surface area contributed by atoms with Gasteiger partial charge in [0, 0.05) is 17.7 Å². The van der Waals surface area contributed by atoms with E-state index in [4.69, 9.17) is 26.8 Å². The maximum atomic E-state index is 12.7. The molecule has 0 radical (unpaired) electrons. The van der Waals surface area contributed by atoms with Crippen molar-refractivity contribution in [3.63, 3.8) is 0 Å². The molecule has 0 saturated heterocycles. The number of benzene rings is 2. The second kappa shape index (κ2) is 11.8. The minimum Gasteiger partial charge on any atom is -0.489 e. The lowest BCUT2D eigenvalue weighted by Crippen LogP contribution is -2.30. The van der Waals surface area contributed by atoms with E-state index in [2.05, 4.69) is 5.32 Å². The van der Waals surface area contributed by atoms with Gasteiger partial charge in [0.15, 0.2) is 0 Å². The second-order valence-corrected chi connectivity index (χ2v) is 6.34. The zero-order chi connectivity index (χ0) is 18.9. The third kappa shape index (κ3) is 7.03. The number of amides is 1. The molecule has 2 rings (SSSR count). The average molecular weight is 413 g/mol. The molecule has 2 aromatic rings. The summed E-state index contributed by atoms with van der Waals surface area (Å²) >= 11 is 6.07. The van der Waals surface area contributed by atoms with Gasteiger partial charge in [-0.1, -0.05) is 48.9 Å². The summed E-state index contributed by atoms with van der Waals surface area (Å²) in [6.07, 6.45) is 0. The van der Waals surface area contributed by atoms with Crippen molar-refractivity contribution in [3.05, 3.63) is 59.1 Å². The summed E-state index contributed by atoms with van der Waals surface area (Å²) in [5.74, 6) is -0.0751. The van der Waals surface area contributed by atoms with Crippen LogP contribution in [0.25, 0.3) is 0 Å². The van der Waals surface area contributed by atoms with E-state index >= 15 is 0 Å². The molecular weight excluding hydrogens is 387 g/mol. The van der Waals surface area contributed by atoms with Gasteiger partial charge in [-0.2, -0.15) is 0 Å². The molecule has 3 N–H and O–H groups in total. The molecule has 0 aliphatic heterocycles. The number of nitrogens with one attached hydrogen (secondary N) is 1. The SMILES string of the molecule is CCOCCOc1ccc(Cl)cc1NC(=O)C(C)C(N)c1ccccc1.Cl. The van der Waals surface area contributed by atoms with E-state index < -0.39 is 12.0 Å². The van der Waals surface area contributed by atoms with Crippen LogP contribution in [0.4, 0.5) is 5.69 Å². The molecule has 7 heteroatoms. The Labute approximate surface area is 171 Å². The predicted molar refractivity (Wildman–Crippen MR) is 112 cm³/mol. The Kier molecular flexibility index (Phi) is 10.2. The molecule has 0 aromatic heterocycles. The lowest BCUT2D eigenvalue weighted by atomic mass is 9.94. The van der Waals surface area contributed by atoms with Crippen LogP contribution in [-0.2, 0) is 9.53 Å². The molecule has 27 heavy (non-hydrogen) atoms. The van der Waals surface area contributed by atoms with Gasteiger partial charge in [0.25, 0.3) is 0 Å². The van der Waals surface area contributed by atoms with Crippen molar-refractivity contribution in [1.82, 2.24) is 0 Å². The fourth-order valence-electron chi connectivity index (χ4n) is 2.45. The fraction of sp³-hybridized carbons (Fsp3) is 0.350. The Morgan fingerprint density at radius 1 is 1.19 bits per heavy atom. The highest BCUT2D eigenvalue weighted by Gasteiger charge is 2.23. The van der Waals surface area contributed by atoms with Crippen LogP contribution in [0.5, 0.6) is 5.75 Å². The molecule has 0 heterocycles. The Morgan fingerprint density at radius 3 is 2.56 bits per heavy atom. The number of hydrogen-bond acceptors (Lipinski definition) is 4. The number of hydrogen-bond donors (Lipinski definition) is 2. The third-order valence-electron chi connectivity index (χ3n) is 4.03. The summed E-state index contributed by atoms with van der Waals surface area (Å²) in [4.78, 5) is 12.7. The van der Waals surface area contributed by atoms with E-state index in [0.29, 0.717) is 36.3 Å². The van der Waals surface area contributed by atoms with Crippen LogP contribution in [0.2, 0.25) is 5.02 Å². The van der Waals surface area contributed by atoms with E-state index in [1.165, 1.54) is 0 Å². The zero-order valence-electron chi connectivity index (χ0n) is 15.5. The molecule has 5 nitrogen and oxygen atoms in total. The van der Waals surface area contributed by atoms with Gasteiger partial charge < -0.3 is 20.5 Å². The molecule has 2 atom stereocenters. The van der Waals surface area contributed by atoms with Crippen LogP contribution in [-0.4, -0.2) is 25.7 Å². The van der Waals surface area contributed by atoms with Gasteiger partial charge in [-0.05, 0) is 30.7 Å². The monoisotopic (exact) mass is 412 g/mol. The largest absolute Gasteiger partial charge is 0.489 e. The van der Waals surface area contributed by atoms with Crippen molar-refractivity contribution in [2.45, 2.75) is 19.9 Å². The number of anilines is 1. The normalized spacial score (nSPS) is 12.6. The molecule has 0 saturated carbocycles. The Balaban J connectivity index is 0.00000364. The molecule has 0 spiro atoms. The first-order chi connectivity index (χ1) is 12.5. The maximum Gasteiger partial charge on any atom is 0.229 e. The van der Waals surface area contributed by atoms with Crippen LogP contribution in [0, 0.1) is 5.92 Å². The highest BCUT2D eigenvalue weighted by molar-refractivity contribution is 6.31. The van der Waals surface area contributed by atoms with E-state index in [9.17, 15) is 4.79 Å². The fourth-order valence-corrected chi connectivity index (χ4v) is 2.63. The average Bonchev–Trinajstić information content (AvgIpc) is 2.66. The molecule has 148 valence electrons. The molecule has 2 unspecified atom stereocenters. The molecule has 2 aromatic carbocycles. The summed E-state index contributed by atoms with van der Waals surface area (Å²) in [5, 5.41) is 3.39. The van der Waals surface area contributed by atoms with Crippen molar-refractivity contribution < 1.29 is 14.3 Å². The zero-order valence-corrected chi connectivity index (χ0v) is 17.1. The van der Waals surface area contributed by atoms with E-state index in [1.807, 2.05) is 37.3 Å². The van der Waals surface area contributed by atoms with E-state index in [1.54, 1.807) is 25.1 Å². The van der Waals surface area contributed by atoms with Gasteiger partial charge in [0.1, 0.15) is 12.4 Å². The standard InChI is InChI=1S/C20H25ClN2O3.ClH/c1-3-25-11-12-26-18-10-9-16(21)13-17(18)23-20(24)14(2)19(22)15-7-5-4-6-8-15;/h4-10,13-14,19H,3,11-12,22H2,1-2H3,(H,23,24);1H. The molecule has 0 aliphatic rings. The summed E-state index contributed by atoms with van der Waals surface area (Å²) < 4.78 is 11.0. The summed E-state index contributed by atoms with van der Waals surface area (Å²) in [6, 6.07) is 14.2. The summed E-state index contributed by atoms with van der Waals surface area (Å²) in [6.45, 7) is 5.21. The number of halogens is 2. The van der Waals surface area contributed by atoms with Crippen LogP contribution in [0.1, 0.15) is 25.5 Å². The van der Waals surface area contributed by atoms with Crippen LogP contribution in [0.15, 0.2) is 48.5 Å². The van der Waals surface area contributed by atoms with Crippen molar-refractivity contribution in [1.29, 1.82) is 0 Å². The quantitative estimate of drug-likeness (QED) is 0.596. The Bertz CT molecular complexity index is 714. The van der Waals surface area contributed by atoms with Crippen LogP contribution >= 0.6 is 24.0 Å². The summed E-state index contributed by atoms with van der Waals surface area (Å²) in [5.41, 5.74) is 7.67. The number of rotatable bonds is 9. The van der Waals surface area contributed by atoms with Crippen molar-refractivity contribution >= 4 is 35.6 Å². The minimum atomic E-state index is -0.423. The number of carbonyl (C=O) groups excluding carboxylic acids is 1. The first-order valence-corrected chi connectivity index (χ1v) is 9.02. The first kappa shape index (κ1) is 23.2. The molecule has 0 aliphatic carbocycles. The van der Waals surface area contributed by atoms with Gasteiger partial charge in [-0.3, -0.25) is 4.79 Å². The van der Waals surface area contributed by atoms with Crippen LogP contribution in [0.3, 0.4) is 0 Å². The summed E-state index contributed by atoms with van der Waals surface area (Å²) in [7, 11) is 0. The highest BCUT2D eigenvalue weighted by Crippen LogP contribution is 2.29. The molecular formula is C20H26Cl2N2O3. The Morgan fingerprint density at radius 2 is 1.89 bits per heavy atom. The first-order valence-electron chi connectivity index (χ1n) is 8.64.